The first-order valence-electron chi connectivity index (χ1n) is 13.1. The molecule has 0 atom stereocenters. The smallest absolute Gasteiger partial charge is 0.228 e. The quantitative estimate of drug-likeness (QED) is 0.217. The molecule has 4 aromatic rings. The number of nitrogens with zero attached hydrogens (tertiary/aromatic N) is 2. The van der Waals surface area contributed by atoms with Crippen LogP contribution < -0.4 is 14.4 Å². The number of fused-ring (bicyclic) bond motifs is 1. The fourth-order valence-corrected chi connectivity index (χ4v) is 6.21. The Bertz CT molecular complexity index is 1330. The summed E-state index contributed by atoms with van der Waals surface area (Å²) in [5, 5.41) is 1.06. The number of ether oxygens (including phenoxy) is 2. The van der Waals surface area contributed by atoms with Crippen LogP contribution in [0.3, 0.4) is 0 Å². The number of thiophene rings is 1. The summed E-state index contributed by atoms with van der Waals surface area (Å²) in [6, 6.07) is 24.2. The summed E-state index contributed by atoms with van der Waals surface area (Å²) in [4.78, 5) is 18.5. The highest BCUT2D eigenvalue weighted by Gasteiger charge is 2.24. The fraction of sp³-hybridized carbons (Fsp3) is 0.323. The normalized spacial score (nSPS) is 14.0. The third kappa shape index (κ3) is 5.81. The van der Waals surface area contributed by atoms with E-state index in [-0.39, 0.29) is 5.91 Å². The molecule has 0 unspecified atom stereocenters. The molecule has 1 saturated heterocycles. The van der Waals surface area contributed by atoms with Gasteiger partial charge < -0.3 is 14.4 Å². The molecular formula is C31H34N2O3S. The van der Waals surface area contributed by atoms with Gasteiger partial charge in [-0.25, -0.2) is 0 Å². The van der Waals surface area contributed by atoms with Crippen molar-refractivity contribution >= 4 is 38.7 Å². The largest absolute Gasteiger partial charge is 0.497 e. The van der Waals surface area contributed by atoms with E-state index in [1.165, 1.54) is 32.4 Å². The van der Waals surface area contributed by atoms with Gasteiger partial charge in [0.25, 0.3) is 0 Å². The Hall–Kier alpha value is -3.35. The van der Waals surface area contributed by atoms with Crippen LogP contribution in [-0.2, 0) is 4.79 Å². The van der Waals surface area contributed by atoms with Gasteiger partial charge in [0.05, 0.1) is 24.3 Å². The van der Waals surface area contributed by atoms with E-state index < -0.39 is 0 Å². The summed E-state index contributed by atoms with van der Waals surface area (Å²) in [5.74, 6) is 1.60. The second-order valence-electron chi connectivity index (χ2n) is 9.46. The molecule has 5 nitrogen and oxygen atoms in total. The first-order valence-corrected chi connectivity index (χ1v) is 13.9. The zero-order valence-corrected chi connectivity index (χ0v) is 22.4. The monoisotopic (exact) mass is 514 g/mol. The van der Waals surface area contributed by atoms with E-state index in [0.29, 0.717) is 6.61 Å². The van der Waals surface area contributed by atoms with E-state index in [2.05, 4.69) is 17.0 Å². The average molecular weight is 515 g/mol. The number of amides is 1. The third-order valence-corrected chi connectivity index (χ3v) is 8.10. The maximum atomic E-state index is 13.1. The lowest BCUT2D eigenvalue weighted by molar-refractivity contribution is -0.115. The topological polar surface area (TPSA) is 42.0 Å². The van der Waals surface area contributed by atoms with E-state index in [0.717, 1.165) is 56.4 Å². The Morgan fingerprint density at radius 2 is 1.62 bits per heavy atom. The zero-order chi connectivity index (χ0) is 25.6. The fourth-order valence-electron chi connectivity index (χ4n) is 5.01. The van der Waals surface area contributed by atoms with Gasteiger partial charge in [-0.15, -0.1) is 11.3 Å². The van der Waals surface area contributed by atoms with Gasteiger partial charge in [0.1, 0.15) is 11.5 Å². The molecule has 0 spiro atoms. The van der Waals surface area contributed by atoms with Gasteiger partial charge in [-0.1, -0.05) is 24.6 Å². The molecule has 5 rings (SSSR count). The van der Waals surface area contributed by atoms with Gasteiger partial charge in [-0.3, -0.25) is 9.69 Å². The lowest BCUT2D eigenvalue weighted by atomic mass is 10.1. The van der Waals surface area contributed by atoms with Crippen LogP contribution in [0.2, 0.25) is 0 Å². The van der Waals surface area contributed by atoms with E-state index in [4.69, 9.17) is 9.47 Å². The second-order valence-corrected chi connectivity index (χ2v) is 10.5. The van der Waals surface area contributed by atoms with Gasteiger partial charge >= 0.3 is 0 Å². The van der Waals surface area contributed by atoms with Crippen molar-refractivity contribution in [2.75, 3.05) is 38.3 Å². The SMILES string of the molecule is COc1ccc(-c2sc3ccccc3c2N(C(C)=O)c2ccc(OCCCN3CCCCC3)cc2)cc1. The summed E-state index contributed by atoms with van der Waals surface area (Å²) < 4.78 is 12.5. The van der Waals surface area contributed by atoms with E-state index >= 15 is 0 Å². The molecule has 0 bridgehead atoms. The minimum atomic E-state index is -0.0338. The molecule has 0 radical (unpaired) electrons. The number of carbonyl (C=O) groups excluding carboxylic acids is 1. The maximum absolute atomic E-state index is 13.1. The molecule has 1 aliphatic rings. The lowest BCUT2D eigenvalue weighted by Gasteiger charge is -2.26. The first-order chi connectivity index (χ1) is 18.1. The molecule has 192 valence electrons. The van der Waals surface area contributed by atoms with E-state index in [1.807, 2.05) is 65.6 Å². The molecule has 0 N–H and O–H groups in total. The van der Waals surface area contributed by atoms with Crippen molar-refractivity contribution in [3.63, 3.8) is 0 Å². The number of piperidine rings is 1. The minimum Gasteiger partial charge on any atom is -0.497 e. The highest BCUT2D eigenvalue weighted by atomic mass is 32.1. The van der Waals surface area contributed by atoms with Crippen molar-refractivity contribution in [2.45, 2.75) is 32.6 Å². The zero-order valence-electron chi connectivity index (χ0n) is 21.6. The van der Waals surface area contributed by atoms with Crippen molar-refractivity contribution in [2.24, 2.45) is 0 Å². The summed E-state index contributed by atoms with van der Waals surface area (Å²) in [6.45, 7) is 5.84. The van der Waals surface area contributed by atoms with Crippen LogP contribution >= 0.6 is 11.3 Å². The van der Waals surface area contributed by atoms with Crippen LogP contribution in [0.1, 0.15) is 32.6 Å². The Labute approximate surface area is 223 Å². The summed E-state index contributed by atoms with van der Waals surface area (Å²) >= 11 is 1.70. The molecular weight excluding hydrogens is 480 g/mol. The molecule has 1 aliphatic heterocycles. The predicted molar refractivity (Wildman–Crippen MR) is 153 cm³/mol. The molecule has 0 aliphatic carbocycles. The van der Waals surface area contributed by atoms with Gasteiger partial charge in [0.15, 0.2) is 0 Å². The Morgan fingerprint density at radius 1 is 0.919 bits per heavy atom. The number of anilines is 2. The molecule has 6 heteroatoms. The van der Waals surface area contributed by atoms with Crippen molar-refractivity contribution in [1.82, 2.24) is 4.90 Å². The van der Waals surface area contributed by atoms with Crippen molar-refractivity contribution in [1.29, 1.82) is 0 Å². The average Bonchev–Trinajstić information content (AvgIpc) is 3.31. The van der Waals surface area contributed by atoms with Gasteiger partial charge in [0.2, 0.25) is 5.91 Å². The van der Waals surface area contributed by atoms with Crippen LogP contribution in [0, 0.1) is 0 Å². The predicted octanol–water partition coefficient (Wildman–Crippen LogP) is 7.52. The van der Waals surface area contributed by atoms with Crippen LogP contribution in [0.25, 0.3) is 20.5 Å². The second kappa shape index (κ2) is 11.8. The number of methoxy groups -OCH3 is 1. The third-order valence-electron chi connectivity index (χ3n) is 6.89. The highest BCUT2D eigenvalue weighted by Crippen LogP contribution is 2.47. The number of benzene rings is 3. The van der Waals surface area contributed by atoms with Crippen LogP contribution in [0.4, 0.5) is 11.4 Å². The Morgan fingerprint density at radius 3 is 2.32 bits per heavy atom. The van der Waals surface area contributed by atoms with Crippen LogP contribution in [-0.4, -0.2) is 44.2 Å². The van der Waals surface area contributed by atoms with Gasteiger partial charge in [-0.2, -0.15) is 0 Å². The van der Waals surface area contributed by atoms with Crippen LogP contribution in [0.5, 0.6) is 11.5 Å². The molecule has 37 heavy (non-hydrogen) atoms. The van der Waals surface area contributed by atoms with Crippen molar-refractivity contribution in [3.05, 3.63) is 72.8 Å². The molecule has 3 aromatic carbocycles. The van der Waals surface area contributed by atoms with Gasteiger partial charge in [0, 0.05) is 29.2 Å². The Kier molecular flexibility index (Phi) is 8.07. The number of hydrogen-bond acceptors (Lipinski definition) is 5. The summed E-state index contributed by atoms with van der Waals surface area (Å²) in [5.41, 5.74) is 2.79. The number of carbonyl (C=O) groups is 1. The molecule has 0 saturated carbocycles. The standard InChI is InChI=1S/C31H34N2O3S/c1-23(34)33(25-13-17-27(18-14-25)36-22-8-21-32-19-6-3-7-20-32)30-28-9-4-5-10-29(28)37-31(30)24-11-15-26(35-2)16-12-24/h4-5,9-18H,3,6-8,19-22H2,1-2H3. The van der Waals surface area contributed by atoms with E-state index in [9.17, 15) is 4.79 Å². The van der Waals surface area contributed by atoms with Gasteiger partial charge in [-0.05, 0) is 92.5 Å². The van der Waals surface area contributed by atoms with Crippen molar-refractivity contribution < 1.29 is 14.3 Å². The first kappa shape index (κ1) is 25.3. The molecule has 1 fully saturated rings. The molecule has 1 aromatic heterocycles. The number of rotatable bonds is 9. The maximum Gasteiger partial charge on any atom is 0.228 e. The lowest BCUT2D eigenvalue weighted by Crippen LogP contribution is -2.31. The van der Waals surface area contributed by atoms with Crippen LogP contribution in [0.15, 0.2) is 72.8 Å². The number of hydrogen-bond donors (Lipinski definition) is 0. The molecule has 2 heterocycles. The molecule has 1 amide bonds. The van der Waals surface area contributed by atoms with E-state index in [1.54, 1.807) is 25.4 Å². The Balaban J connectivity index is 1.38. The number of likely N-dealkylation sites (tertiary alicyclic amines) is 1. The summed E-state index contributed by atoms with van der Waals surface area (Å²) in [6.07, 6.45) is 5.01. The summed E-state index contributed by atoms with van der Waals surface area (Å²) in [7, 11) is 1.67. The minimum absolute atomic E-state index is 0.0338. The van der Waals surface area contributed by atoms with Crippen molar-refractivity contribution in [3.8, 4) is 21.9 Å². The highest BCUT2D eigenvalue weighted by molar-refractivity contribution is 7.23.